The predicted octanol–water partition coefficient (Wildman–Crippen LogP) is -0.149. The number of aromatic nitrogens is 4. The minimum Gasteiger partial charge on any atom is -0.374 e. The topological polar surface area (TPSA) is 72.5 Å². The Bertz CT molecular complexity index is 400. The van der Waals surface area contributed by atoms with Gasteiger partial charge in [0.2, 0.25) is 0 Å². The van der Waals surface area contributed by atoms with Gasteiger partial charge in [-0.2, -0.15) is 10.2 Å². The maximum Gasteiger partial charge on any atom is 0.191 e. The summed E-state index contributed by atoms with van der Waals surface area (Å²) in [5, 5.41) is 10.7. The van der Waals surface area contributed by atoms with Gasteiger partial charge in [-0.3, -0.25) is 5.10 Å². The zero-order valence-corrected chi connectivity index (χ0v) is 6.30. The fourth-order valence-corrected chi connectivity index (χ4v) is 1.05. The first-order valence-corrected chi connectivity index (χ1v) is 3.37. The highest BCUT2D eigenvalue weighted by molar-refractivity contribution is 7.80. The summed E-state index contributed by atoms with van der Waals surface area (Å²) in [7, 11) is 0. The zero-order valence-electron chi connectivity index (χ0n) is 5.48. The van der Waals surface area contributed by atoms with Gasteiger partial charge in [-0.15, -0.1) is 0 Å². The van der Waals surface area contributed by atoms with Crippen LogP contribution in [0.15, 0.2) is 12.4 Å². The molecule has 56 valence electrons. The van der Waals surface area contributed by atoms with Crippen LogP contribution < -0.4 is 5.73 Å². The SMILES string of the molecule is NC(=S)n1ncc2[nH]ncc21. The highest BCUT2D eigenvalue weighted by Gasteiger charge is 2.04. The number of nitrogens with two attached hydrogens (primary N) is 1. The van der Waals surface area contributed by atoms with Gasteiger partial charge in [0, 0.05) is 0 Å². The molecule has 0 amide bonds. The number of fused-ring (bicyclic) bond motifs is 1. The summed E-state index contributed by atoms with van der Waals surface area (Å²) in [5.74, 6) is 0. The lowest BCUT2D eigenvalue weighted by molar-refractivity contribution is 0.962. The second kappa shape index (κ2) is 2.03. The molecule has 0 saturated heterocycles. The largest absolute Gasteiger partial charge is 0.374 e. The predicted molar refractivity (Wildman–Crippen MR) is 44.1 cm³/mol. The fraction of sp³-hybridized carbons (Fsp3) is 0. The lowest BCUT2D eigenvalue weighted by atomic mass is 10.5. The molecule has 0 aliphatic rings. The van der Waals surface area contributed by atoms with Crippen molar-refractivity contribution in [2.75, 3.05) is 0 Å². The number of H-pyrrole nitrogens is 1. The van der Waals surface area contributed by atoms with E-state index >= 15 is 0 Å². The van der Waals surface area contributed by atoms with E-state index in [0.717, 1.165) is 11.0 Å². The van der Waals surface area contributed by atoms with E-state index in [-0.39, 0.29) is 5.11 Å². The normalized spacial score (nSPS) is 10.5. The fourth-order valence-electron chi connectivity index (χ4n) is 0.907. The molecule has 11 heavy (non-hydrogen) atoms. The standard InChI is InChI=1S/C5H5N5S/c6-5(11)10-4-2-7-9-3(4)1-8-10/h1-2H,(H2,6,11)(H,7,9). The van der Waals surface area contributed by atoms with Gasteiger partial charge in [0.05, 0.1) is 12.4 Å². The van der Waals surface area contributed by atoms with E-state index in [0.29, 0.717) is 0 Å². The molecule has 6 heteroatoms. The molecule has 0 bridgehead atoms. The van der Waals surface area contributed by atoms with Gasteiger partial charge in [-0.05, 0) is 12.2 Å². The van der Waals surface area contributed by atoms with Crippen molar-refractivity contribution in [1.29, 1.82) is 0 Å². The molecular weight excluding hydrogens is 162 g/mol. The van der Waals surface area contributed by atoms with Crippen LogP contribution in [0.25, 0.3) is 11.0 Å². The maximum absolute atomic E-state index is 5.37. The monoisotopic (exact) mass is 167 g/mol. The second-order valence-corrected chi connectivity index (χ2v) is 2.48. The minimum absolute atomic E-state index is 0.224. The molecule has 2 heterocycles. The van der Waals surface area contributed by atoms with Crippen molar-refractivity contribution < 1.29 is 0 Å². The minimum atomic E-state index is 0.224. The van der Waals surface area contributed by atoms with Gasteiger partial charge in [-0.1, -0.05) is 0 Å². The van der Waals surface area contributed by atoms with Crippen molar-refractivity contribution in [3.05, 3.63) is 12.4 Å². The van der Waals surface area contributed by atoms with Crippen LogP contribution in [-0.4, -0.2) is 25.1 Å². The molecule has 5 nitrogen and oxygen atoms in total. The van der Waals surface area contributed by atoms with Crippen molar-refractivity contribution in [3.8, 4) is 0 Å². The molecule has 0 aliphatic heterocycles. The molecule has 0 unspecified atom stereocenters. The average molecular weight is 167 g/mol. The lowest BCUT2D eigenvalue weighted by Gasteiger charge is -1.93. The van der Waals surface area contributed by atoms with Gasteiger partial charge in [0.1, 0.15) is 11.0 Å². The van der Waals surface area contributed by atoms with Crippen LogP contribution >= 0.6 is 12.2 Å². The molecule has 0 atom stereocenters. The number of hydrogen-bond donors (Lipinski definition) is 2. The van der Waals surface area contributed by atoms with Gasteiger partial charge in [-0.25, -0.2) is 4.68 Å². The Balaban J connectivity index is 2.78. The molecule has 2 aromatic rings. The molecular formula is C5H5N5S. The summed E-state index contributed by atoms with van der Waals surface area (Å²) >= 11 is 4.75. The summed E-state index contributed by atoms with van der Waals surface area (Å²) in [4.78, 5) is 0. The van der Waals surface area contributed by atoms with Crippen molar-refractivity contribution in [3.63, 3.8) is 0 Å². The third-order valence-corrected chi connectivity index (χ3v) is 1.56. The third-order valence-electron chi connectivity index (χ3n) is 1.39. The van der Waals surface area contributed by atoms with Gasteiger partial charge >= 0.3 is 0 Å². The molecule has 0 spiro atoms. The summed E-state index contributed by atoms with van der Waals surface area (Å²) in [5.41, 5.74) is 7.01. The zero-order chi connectivity index (χ0) is 7.84. The highest BCUT2D eigenvalue weighted by Crippen LogP contribution is 2.07. The second-order valence-electron chi connectivity index (χ2n) is 2.06. The van der Waals surface area contributed by atoms with Crippen LogP contribution in [0, 0.1) is 0 Å². The number of thiocarbonyl (C=S) groups is 1. The van der Waals surface area contributed by atoms with Gasteiger partial charge in [0.15, 0.2) is 5.11 Å². The Morgan fingerprint density at radius 1 is 1.64 bits per heavy atom. The molecule has 0 fully saturated rings. The third kappa shape index (κ3) is 0.795. The first-order chi connectivity index (χ1) is 5.29. The Kier molecular flexibility index (Phi) is 1.16. The summed E-state index contributed by atoms with van der Waals surface area (Å²) in [6.07, 6.45) is 3.25. The van der Waals surface area contributed by atoms with Crippen LogP contribution in [-0.2, 0) is 0 Å². The molecule has 0 saturated carbocycles. The van der Waals surface area contributed by atoms with E-state index in [2.05, 4.69) is 15.3 Å². The maximum atomic E-state index is 5.37. The molecule has 0 aliphatic carbocycles. The first-order valence-electron chi connectivity index (χ1n) is 2.96. The van der Waals surface area contributed by atoms with Crippen LogP contribution in [0.3, 0.4) is 0 Å². The van der Waals surface area contributed by atoms with Gasteiger partial charge < -0.3 is 5.73 Å². The van der Waals surface area contributed by atoms with Gasteiger partial charge in [0.25, 0.3) is 0 Å². The van der Waals surface area contributed by atoms with Crippen LogP contribution in [0.1, 0.15) is 0 Å². The van der Waals surface area contributed by atoms with E-state index in [1.165, 1.54) is 4.68 Å². The molecule has 0 aromatic carbocycles. The Hall–Kier alpha value is -1.43. The lowest BCUT2D eigenvalue weighted by Crippen LogP contribution is -2.19. The van der Waals surface area contributed by atoms with E-state index in [1.807, 2.05) is 0 Å². The molecule has 2 aromatic heterocycles. The number of aromatic amines is 1. The van der Waals surface area contributed by atoms with Crippen molar-refractivity contribution >= 4 is 28.4 Å². The smallest absolute Gasteiger partial charge is 0.191 e. The van der Waals surface area contributed by atoms with E-state index in [9.17, 15) is 0 Å². The van der Waals surface area contributed by atoms with E-state index in [4.69, 9.17) is 18.0 Å². The first kappa shape index (κ1) is 6.29. The number of nitrogens with one attached hydrogen (secondary N) is 1. The van der Waals surface area contributed by atoms with Crippen molar-refractivity contribution in [1.82, 2.24) is 20.0 Å². The Morgan fingerprint density at radius 3 is 3.18 bits per heavy atom. The summed E-state index contributed by atoms with van der Waals surface area (Å²) in [6, 6.07) is 0. The summed E-state index contributed by atoms with van der Waals surface area (Å²) in [6.45, 7) is 0. The Morgan fingerprint density at radius 2 is 2.45 bits per heavy atom. The number of hydrogen-bond acceptors (Lipinski definition) is 3. The van der Waals surface area contributed by atoms with Crippen molar-refractivity contribution in [2.45, 2.75) is 0 Å². The molecule has 0 radical (unpaired) electrons. The van der Waals surface area contributed by atoms with Crippen molar-refractivity contribution in [2.24, 2.45) is 5.73 Å². The molecule has 3 N–H and O–H groups in total. The van der Waals surface area contributed by atoms with Crippen LogP contribution in [0.2, 0.25) is 0 Å². The Labute approximate surface area is 67.2 Å². The highest BCUT2D eigenvalue weighted by atomic mass is 32.1. The number of nitrogens with zero attached hydrogens (tertiary/aromatic N) is 3. The summed E-state index contributed by atoms with van der Waals surface area (Å²) < 4.78 is 1.45. The van der Waals surface area contributed by atoms with Crippen LogP contribution in [0.4, 0.5) is 0 Å². The van der Waals surface area contributed by atoms with E-state index in [1.54, 1.807) is 12.4 Å². The quantitative estimate of drug-likeness (QED) is 0.535. The average Bonchev–Trinajstić information content (AvgIpc) is 2.41. The van der Waals surface area contributed by atoms with E-state index < -0.39 is 0 Å². The molecule has 2 rings (SSSR count). The van der Waals surface area contributed by atoms with Crippen LogP contribution in [0.5, 0.6) is 0 Å². The number of rotatable bonds is 0.